The van der Waals surface area contributed by atoms with E-state index >= 15 is 0 Å². The molecule has 1 heterocycles. The van der Waals surface area contributed by atoms with Gasteiger partial charge in [0.2, 0.25) is 5.91 Å². The number of nitrogens with one attached hydrogen (secondary N) is 1. The van der Waals surface area contributed by atoms with Gasteiger partial charge in [-0.3, -0.25) is 9.69 Å². The molecule has 0 fully saturated rings. The van der Waals surface area contributed by atoms with Crippen molar-refractivity contribution in [2.45, 2.75) is 32.4 Å². The average molecular weight is 261 g/mol. The molecular weight excluding hydrogens is 238 g/mol. The van der Waals surface area contributed by atoms with E-state index in [2.05, 4.69) is 41.4 Å². The highest BCUT2D eigenvalue weighted by atomic mass is 16.1. The van der Waals surface area contributed by atoms with Crippen LogP contribution in [0.4, 0.5) is 0 Å². The summed E-state index contributed by atoms with van der Waals surface area (Å²) in [6, 6.07) is 8.96. The van der Waals surface area contributed by atoms with E-state index in [-0.39, 0.29) is 5.91 Å². The second-order valence-corrected chi connectivity index (χ2v) is 5.18. The molecule has 19 heavy (non-hydrogen) atoms. The Bertz CT molecular complexity index is 433. The van der Waals surface area contributed by atoms with Gasteiger partial charge < -0.3 is 11.1 Å². The maximum atomic E-state index is 11.4. The number of carbonyl (C=O) groups is 1. The van der Waals surface area contributed by atoms with Gasteiger partial charge in [-0.05, 0) is 24.5 Å². The number of nitrogens with two attached hydrogens (primary N) is 1. The lowest BCUT2D eigenvalue weighted by Gasteiger charge is -2.33. The fraction of sp³-hybridized carbons (Fsp3) is 0.533. The first-order valence-electron chi connectivity index (χ1n) is 6.98. The number of nitrogens with zero attached hydrogens (tertiary/aromatic N) is 1. The van der Waals surface area contributed by atoms with E-state index in [1.165, 1.54) is 11.1 Å². The van der Waals surface area contributed by atoms with Gasteiger partial charge in [0.15, 0.2) is 0 Å². The monoisotopic (exact) mass is 261 g/mol. The lowest BCUT2D eigenvalue weighted by atomic mass is 9.99. The van der Waals surface area contributed by atoms with Gasteiger partial charge >= 0.3 is 0 Å². The van der Waals surface area contributed by atoms with Crippen LogP contribution in [0.25, 0.3) is 0 Å². The zero-order valence-corrected chi connectivity index (χ0v) is 11.6. The summed E-state index contributed by atoms with van der Waals surface area (Å²) < 4.78 is 0. The van der Waals surface area contributed by atoms with Crippen molar-refractivity contribution >= 4 is 5.91 Å². The van der Waals surface area contributed by atoms with Crippen LogP contribution in [0.3, 0.4) is 0 Å². The zero-order valence-electron chi connectivity index (χ0n) is 11.6. The van der Waals surface area contributed by atoms with Gasteiger partial charge in [0, 0.05) is 38.6 Å². The zero-order chi connectivity index (χ0) is 13.7. The molecule has 104 valence electrons. The van der Waals surface area contributed by atoms with Crippen molar-refractivity contribution in [2.24, 2.45) is 5.73 Å². The minimum absolute atomic E-state index is 0.0479. The molecule has 0 saturated heterocycles. The largest absolute Gasteiger partial charge is 0.355 e. The molecule has 0 radical (unpaired) electrons. The first-order chi connectivity index (χ1) is 9.20. The Morgan fingerprint density at radius 3 is 2.89 bits per heavy atom. The summed E-state index contributed by atoms with van der Waals surface area (Å²) in [7, 11) is 0. The maximum absolute atomic E-state index is 11.4. The molecule has 0 spiro atoms. The molecule has 3 N–H and O–H groups in total. The van der Waals surface area contributed by atoms with E-state index in [1.54, 1.807) is 0 Å². The van der Waals surface area contributed by atoms with Crippen LogP contribution in [-0.4, -0.2) is 36.5 Å². The van der Waals surface area contributed by atoms with Crippen LogP contribution in [-0.2, 0) is 17.8 Å². The van der Waals surface area contributed by atoms with Crippen LogP contribution in [0.5, 0.6) is 0 Å². The summed E-state index contributed by atoms with van der Waals surface area (Å²) in [4.78, 5) is 13.8. The van der Waals surface area contributed by atoms with Crippen LogP contribution in [0.2, 0.25) is 0 Å². The van der Waals surface area contributed by atoms with Crippen LogP contribution in [0, 0.1) is 0 Å². The first kappa shape index (κ1) is 14.0. The van der Waals surface area contributed by atoms with Crippen LogP contribution in [0.1, 0.15) is 24.5 Å². The topological polar surface area (TPSA) is 58.4 Å². The number of amides is 1. The van der Waals surface area contributed by atoms with Crippen molar-refractivity contribution in [1.29, 1.82) is 0 Å². The third-order valence-corrected chi connectivity index (χ3v) is 3.75. The smallest absolute Gasteiger partial charge is 0.221 e. The van der Waals surface area contributed by atoms with Gasteiger partial charge in [0.05, 0.1) is 0 Å². The number of carbonyl (C=O) groups excluding carboxylic acids is 1. The van der Waals surface area contributed by atoms with E-state index in [0.29, 0.717) is 25.6 Å². The molecule has 1 aromatic carbocycles. The number of hydrogen-bond acceptors (Lipinski definition) is 3. The van der Waals surface area contributed by atoms with E-state index in [9.17, 15) is 4.79 Å². The molecular formula is C15H23N3O. The summed E-state index contributed by atoms with van der Waals surface area (Å²) in [5.41, 5.74) is 8.23. The molecule has 0 aromatic heterocycles. The maximum Gasteiger partial charge on any atom is 0.221 e. The first-order valence-corrected chi connectivity index (χ1v) is 6.98. The van der Waals surface area contributed by atoms with Gasteiger partial charge in [-0.2, -0.15) is 0 Å². The van der Waals surface area contributed by atoms with Gasteiger partial charge in [-0.25, -0.2) is 0 Å². The normalized spacial score (nSPS) is 16.7. The Morgan fingerprint density at radius 2 is 2.16 bits per heavy atom. The van der Waals surface area contributed by atoms with Crippen LogP contribution < -0.4 is 11.1 Å². The fourth-order valence-electron chi connectivity index (χ4n) is 2.50. The minimum Gasteiger partial charge on any atom is -0.355 e. The van der Waals surface area contributed by atoms with E-state index in [4.69, 9.17) is 5.73 Å². The molecule has 0 saturated carbocycles. The summed E-state index contributed by atoms with van der Waals surface area (Å²) in [6.45, 7) is 5.31. The second kappa shape index (κ2) is 6.68. The minimum atomic E-state index is 0.0479. The van der Waals surface area contributed by atoms with Gasteiger partial charge in [0.1, 0.15) is 0 Å². The predicted molar refractivity (Wildman–Crippen MR) is 76.7 cm³/mol. The van der Waals surface area contributed by atoms with Crippen molar-refractivity contribution < 1.29 is 4.79 Å². The number of benzene rings is 1. The number of hydrogen-bond donors (Lipinski definition) is 2. The molecule has 4 nitrogen and oxygen atoms in total. The average Bonchev–Trinajstić information content (AvgIpc) is 2.44. The Labute approximate surface area is 115 Å². The lowest BCUT2D eigenvalue weighted by Crippen LogP contribution is -2.44. The summed E-state index contributed by atoms with van der Waals surface area (Å²) in [5, 5.41) is 2.94. The Kier molecular flexibility index (Phi) is 4.93. The number of rotatable bonds is 5. The standard InChI is InChI=1S/C15H23N3O/c1-12(10-17-15(19)6-8-16)18-9-7-13-4-2-3-5-14(13)11-18/h2-5,12H,6-11,16H2,1H3,(H,17,19). The molecule has 0 aliphatic carbocycles. The Hall–Kier alpha value is -1.39. The Morgan fingerprint density at radius 1 is 1.42 bits per heavy atom. The van der Waals surface area contributed by atoms with Crippen LogP contribution in [0.15, 0.2) is 24.3 Å². The summed E-state index contributed by atoms with van der Waals surface area (Å²) in [6.07, 6.45) is 1.51. The SMILES string of the molecule is CC(CNC(=O)CCN)N1CCc2ccccc2C1. The molecule has 1 aliphatic heterocycles. The molecule has 2 rings (SSSR count). The van der Waals surface area contributed by atoms with Gasteiger partial charge in [-0.15, -0.1) is 0 Å². The molecule has 1 unspecified atom stereocenters. The third kappa shape index (κ3) is 3.78. The highest BCUT2D eigenvalue weighted by Crippen LogP contribution is 2.19. The number of fused-ring (bicyclic) bond motifs is 1. The molecule has 1 atom stereocenters. The van der Waals surface area contributed by atoms with Crippen molar-refractivity contribution in [1.82, 2.24) is 10.2 Å². The lowest BCUT2D eigenvalue weighted by molar-refractivity contribution is -0.121. The van der Waals surface area contributed by atoms with Gasteiger partial charge in [-0.1, -0.05) is 24.3 Å². The van der Waals surface area contributed by atoms with Crippen molar-refractivity contribution in [3.05, 3.63) is 35.4 Å². The van der Waals surface area contributed by atoms with Crippen molar-refractivity contribution in [3.8, 4) is 0 Å². The van der Waals surface area contributed by atoms with E-state index < -0.39 is 0 Å². The van der Waals surface area contributed by atoms with E-state index in [0.717, 1.165) is 19.5 Å². The molecule has 4 heteroatoms. The predicted octanol–water partition coefficient (Wildman–Crippen LogP) is 0.898. The highest BCUT2D eigenvalue weighted by molar-refractivity contribution is 5.76. The quantitative estimate of drug-likeness (QED) is 0.828. The molecule has 1 aromatic rings. The summed E-state index contributed by atoms with van der Waals surface area (Å²) >= 11 is 0. The summed E-state index contributed by atoms with van der Waals surface area (Å²) in [5.74, 6) is 0.0479. The second-order valence-electron chi connectivity index (χ2n) is 5.18. The molecule has 0 bridgehead atoms. The van der Waals surface area contributed by atoms with Crippen molar-refractivity contribution in [2.75, 3.05) is 19.6 Å². The Balaban J connectivity index is 1.85. The van der Waals surface area contributed by atoms with E-state index in [1.807, 2.05) is 0 Å². The third-order valence-electron chi connectivity index (χ3n) is 3.75. The highest BCUT2D eigenvalue weighted by Gasteiger charge is 2.20. The van der Waals surface area contributed by atoms with Crippen molar-refractivity contribution in [3.63, 3.8) is 0 Å². The van der Waals surface area contributed by atoms with Gasteiger partial charge in [0.25, 0.3) is 0 Å². The molecule has 1 aliphatic rings. The fourth-order valence-corrected chi connectivity index (χ4v) is 2.50. The molecule has 1 amide bonds. The van der Waals surface area contributed by atoms with Crippen LogP contribution >= 0.6 is 0 Å².